The second-order valence-corrected chi connectivity index (χ2v) is 7.44. The molecule has 0 saturated heterocycles. The maximum absolute atomic E-state index is 12.8. The average molecular weight is 450 g/mol. The zero-order valence-corrected chi connectivity index (χ0v) is 18.7. The van der Waals surface area contributed by atoms with Gasteiger partial charge in [0.1, 0.15) is 23.1 Å². The highest BCUT2D eigenvalue weighted by atomic mass is 16.5. The first kappa shape index (κ1) is 22.5. The third-order valence-corrected chi connectivity index (χ3v) is 5.00. The fourth-order valence-corrected chi connectivity index (χ4v) is 3.42. The quantitative estimate of drug-likeness (QED) is 0.304. The van der Waals surface area contributed by atoms with Gasteiger partial charge in [-0.25, -0.2) is 0 Å². The summed E-state index contributed by atoms with van der Waals surface area (Å²) < 4.78 is 7.22. The summed E-state index contributed by atoms with van der Waals surface area (Å²) in [7, 11) is 0. The third kappa shape index (κ3) is 5.56. The molecule has 2 aromatic heterocycles. The zero-order valence-electron chi connectivity index (χ0n) is 18.7. The van der Waals surface area contributed by atoms with Crippen LogP contribution in [-0.2, 0) is 11.3 Å². The van der Waals surface area contributed by atoms with Crippen molar-refractivity contribution < 1.29 is 9.53 Å². The van der Waals surface area contributed by atoms with Crippen LogP contribution in [0.15, 0.2) is 90.9 Å². The van der Waals surface area contributed by atoms with E-state index in [-0.39, 0.29) is 5.57 Å². The summed E-state index contributed by atoms with van der Waals surface area (Å²) in [6.45, 7) is 3.02. The van der Waals surface area contributed by atoms with Gasteiger partial charge in [0, 0.05) is 35.4 Å². The molecule has 0 aliphatic carbocycles. The second kappa shape index (κ2) is 10.7. The zero-order chi connectivity index (χ0) is 23.8. The summed E-state index contributed by atoms with van der Waals surface area (Å²) >= 11 is 0. The molecule has 0 fully saturated rings. The molecular weight excluding hydrogens is 426 g/mol. The van der Waals surface area contributed by atoms with Crippen LogP contribution in [0.1, 0.15) is 18.1 Å². The number of nitriles is 1. The molecule has 0 atom stereocenters. The topological polar surface area (TPSA) is 92.8 Å². The summed E-state index contributed by atoms with van der Waals surface area (Å²) in [5.74, 6) is 0.211. The van der Waals surface area contributed by atoms with E-state index in [1.807, 2.05) is 61.7 Å². The van der Waals surface area contributed by atoms with Gasteiger partial charge in [-0.2, -0.15) is 10.4 Å². The Labute approximate surface area is 198 Å². The highest BCUT2D eigenvalue weighted by molar-refractivity contribution is 6.10. The first-order chi connectivity index (χ1) is 16.7. The number of carbonyl (C=O) groups excluding carboxylic acids is 1. The molecule has 2 aromatic carbocycles. The summed E-state index contributed by atoms with van der Waals surface area (Å²) in [6.07, 6.45) is 6.78. The minimum Gasteiger partial charge on any atom is -0.494 e. The molecule has 7 nitrogen and oxygen atoms in total. The van der Waals surface area contributed by atoms with Crippen molar-refractivity contribution in [2.75, 3.05) is 11.9 Å². The Hall–Kier alpha value is -4.70. The van der Waals surface area contributed by atoms with Gasteiger partial charge in [-0.1, -0.05) is 30.3 Å². The first-order valence-electron chi connectivity index (χ1n) is 10.8. The lowest BCUT2D eigenvalue weighted by atomic mass is 10.1. The Morgan fingerprint density at radius 3 is 2.59 bits per heavy atom. The lowest BCUT2D eigenvalue weighted by molar-refractivity contribution is -0.112. The molecule has 0 unspecified atom stereocenters. The van der Waals surface area contributed by atoms with E-state index < -0.39 is 5.91 Å². The van der Waals surface area contributed by atoms with Crippen molar-refractivity contribution in [3.8, 4) is 23.1 Å². The van der Waals surface area contributed by atoms with Crippen LogP contribution < -0.4 is 10.1 Å². The van der Waals surface area contributed by atoms with Crippen LogP contribution in [0.25, 0.3) is 17.3 Å². The Kier molecular flexibility index (Phi) is 7.11. The van der Waals surface area contributed by atoms with E-state index in [9.17, 15) is 10.1 Å². The van der Waals surface area contributed by atoms with E-state index >= 15 is 0 Å². The predicted octanol–water partition coefficient (Wildman–Crippen LogP) is 4.94. The van der Waals surface area contributed by atoms with Crippen LogP contribution in [0.3, 0.4) is 0 Å². The van der Waals surface area contributed by atoms with E-state index in [0.29, 0.717) is 35.8 Å². The van der Waals surface area contributed by atoms with Crippen LogP contribution >= 0.6 is 0 Å². The third-order valence-electron chi connectivity index (χ3n) is 5.00. The number of hydrogen-bond donors (Lipinski definition) is 1. The minimum absolute atomic E-state index is 0.0294. The molecule has 0 aliphatic rings. The molecule has 7 heteroatoms. The van der Waals surface area contributed by atoms with Crippen molar-refractivity contribution in [3.63, 3.8) is 0 Å². The first-order valence-corrected chi connectivity index (χ1v) is 10.8. The Morgan fingerprint density at radius 2 is 1.91 bits per heavy atom. The van der Waals surface area contributed by atoms with Gasteiger partial charge in [0.05, 0.1) is 13.2 Å². The van der Waals surface area contributed by atoms with Crippen LogP contribution in [0.2, 0.25) is 0 Å². The number of carbonyl (C=O) groups is 1. The maximum atomic E-state index is 12.8. The maximum Gasteiger partial charge on any atom is 0.266 e. The lowest BCUT2D eigenvalue weighted by Gasteiger charge is -2.06. The predicted molar refractivity (Wildman–Crippen MR) is 131 cm³/mol. The Morgan fingerprint density at radius 1 is 1.12 bits per heavy atom. The largest absolute Gasteiger partial charge is 0.494 e. The molecule has 2 heterocycles. The number of ether oxygens (including phenoxy) is 1. The van der Waals surface area contributed by atoms with E-state index in [1.54, 1.807) is 47.4 Å². The Balaban J connectivity index is 1.63. The van der Waals surface area contributed by atoms with Crippen LogP contribution in [-0.4, -0.2) is 27.3 Å². The summed E-state index contributed by atoms with van der Waals surface area (Å²) in [5, 5.41) is 17.2. The van der Waals surface area contributed by atoms with E-state index in [4.69, 9.17) is 9.84 Å². The van der Waals surface area contributed by atoms with Gasteiger partial charge < -0.3 is 10.1 Å². The van der Waals surface area contributed by atoms with Gasteiger partial charge in [0.2, 0.25) is 0 Å². The molecule has 0 bridgehead atoms. The molecule has 4 aromatic rings. The number of aromatic nitrogens is 3. The molecule has 1 amide bonds. The van der Waals surface area contributed by atoms with Crippen molar-refractivity contribution in [3.05, 3.63) is 102 Å². The van der Waals surface area contributed by atoms with Gasteiger partial charge in [0.15, 0.2) is 0 Å². The number of anilines is 1. The van der Waals surface area contributed by atoms with Crippen molar-refractivity contribution in [2.45, 2.75) is 13.5 Å². The van der Waals surface area contributed by atoms with Crippen molar-refractivity contribution in [2.24, 2.45) is 0 Å². The number of rotatable bonds is 8. The van der Waals surface area contributed by atoms with Gasteiger partial charge in [-0.3, -0.25) is 14.5 Å². The molecule has 34 heavy (non-hydrogen) atoms. The van der Waals surface area contributed by atoms with Gasteiger partial charge >= 0.3 is 0 Å². The van der Waals surface area contributed by atoms with E-state index in [2.05, 4.69) is 10.3 Å². The van der Waals surface area contributed by atoms with Crippen molar-refractivity contribution >= 4 is 17.7 Å². The fraction of sp³-hybridized carbons (Fsp3) is 0.111. The standard InChI is InChI=1S/C27H23N5O2/c1-2-34-25-12-10-24(11-13-25)30-27(33)22(16-28)15-23-19-32(18-20-7-4-3-5-8-20)31-26(23)21-9-6-14-29-17-21/h3-15,17,19H,2,18H2,1H3,(H,30,33)/b22-15+. The van der Waals surface area contributed by atoms with Crippen LogP contribution in [0.5, 0.6) is 5.75 Å². The molecule has 4 rings (SSSR count). The average Bonchev–Trinajstić information content (AvgIpc) is 3.27. The molecule has 0 aliphatic heterocycles. The molecule has 168 valence electrons. The van der Waals surface area contributed by atoms with Gasteiger partial charge in [-0.15, -0.1) is 0 Å². The fourth-order valence-electron chi connectivity index (χ4n) is 3.42. The van der Waals surface area contributed by atoms with Gasteiger partial charge in [0.25, 0.3) is 5.91 Å². The minimum atomic E-state index is -0.500. The monoisotopic (exact) mass is 449 g/mol. The van der Waals surface area contributed by atoms with Crippen LogP contribution in [0.4, 0.5) is 5.69 Å². The summed E-state index contributed by atoms with van der Waals surface area (Å²) in [5.41, 5.74) is 3.73. The summed E-state index contributed by atoms with van der Waals surface area (Å²) in [4.78, 5) is 17.0. The van der Waals surface area contributed by atoms with Crippen molar-refractivity contribution in [1.29, 1.82) is 5.26 Å². The Bertz CT molecular complexity index is 1320. The molecule has 0 saturated carbocycles. The highest BCUT2D eigenvalue weighted by Crippen LogP contribution is 2.24. The normalized spacial score (nSPS) is 11.0. The number of pyridine rings is 1. The smallest absolute Gasteiger partial charge is 0.266 e. The van der Waals surface area contributed by atoms with Crippen molar-refractivity contribution in [1.82, 2.24) is 14.8 Å². The number of hydrogen-bond acceptors (Lipinski definition) is 5. The SMILES string of the molecule is CCOc1ccc(NC(=O)/C(C#N)=C/c2cn(Cc3ccccc3)nc2-c2cccnc2)cc1. The van der Waals surface area contributed by atoms with E-state index in [1.165, 1.54) is 0 Å². The summed E-state index contributed by atoms with van der Waals surface area (Å²) in [6, 6.07) is 22.7. The highest BCUT2D eigenvalue weighted by Gasteiger charge is 2.15. The number of nitrogens with zero attached hydrogens (tertiary/aromatic N) is 4. The molecular formula is C27H23N5O2. The molecule has 0 spiro atoms. The number of nitrogens with one attached hydrogen (secondary N) is 1. The molecule has 1 N–H and O–H groups in total. The van der Waals surface area contributed by atoms with Gasteiger partial charge in [-0.05, 0) is 55.0 Å². The molecule has 0 radical (unpaired) electrons. The lowest BCUT2D eigenvalue weighted by Crippen LogP contribution is -2.13. The second-order valence-electron chi connectivity index (χ2n) is 7.44. The number of amides is 1. The van der Waals surface area contributed by atoms with E-state index in [0.717, 1.165) is 11.1 Å². The number of benzene rings is 2. The van der Waals surface area contributed by atoms with Crippen LogP contribution in [0, 0.1) is 11.3 Å².